The maximum Gasteiger partial charge on any atom is 0.340 e. The van der Waals surface area contributed by atoms with E-state index >= 15 is 0 Å². The van der Waals surface area contributed by atoms with Crippen LogP contribution in [0.25, 0.3) is 0 Å². The van der Waals surface area contributed by atoms with Gasteiger partial charge in [0.05, 0.1) is 38.0 Å². The molecule has 1 aliphatic carbocycles. The van der Waals surface area contributed by atoms with Gasteiger partial charge in [-0.3, -0.25) is 4.79 Å². The number of hydrogen-bond acceptors (Lipinski definition) is 3. The number of esters is 1. The van der Waals surface area contributed by atoms with Crippen LogP contribution in [0.3, 0.4) is 0 Å². The number of quaternary nitrogens is 1. The number of hydrogen-bond donors (Lipinski definition) is 1. The second-order valence-corrected chi connectivity index (χ2v) is 8.90. The van der Waals surface area contributed by atoms with Gasteiger partial charge in [-0.05, 0) is 63.6 Å². The van der Waals surface area contributed by atoms with Crippen LogP contribution in [-0.2, 0) is 9.53 Å². The summed E-state index contributed by atoms with van der Waals surface area (Å²) >= 11 is 6.17. The van der Waals surface area contributed by atoms with Gasteiger partial charge in [0.2, 0.25) is 0 Å². The molecule has 3 rings (SSSR count). The average molecular weight is 408 g/mol. The summed E-state index contributed by atoms with van der Waals surface area (Å²) in [7, 11) is 2.24. The van der Waals surface area contributed by atoms with Crippen LogP contribution in [0.5, 0.6) is 0 Å². The molecule has 0 radical (unpaired) electrons. The van der Waals surface area contributed by atoms with Gasteiger partial charge in [0.15, 0.2) is 5.54 Å². The van der Waals surface area contributed by atoms with Crippen LogP contribution in [0, 0.1) is 6.92 Å². The number of nitrogens with zero attached hydrogens (tertiary/aromatic N) is 1. The molecule has 1 saturated heterocycles. The fourth-order valence-electron chi connectivity index (χ4n) is 4.85. The van der Waals surface area contributed by atoms with Crippen molar-refractivity contribution in [3.63, 3.8) is 0 Å². The second kappa shape index (κ2) is 8.42. The Bertz CT molecular complexity index is 750. The van der Waals surface area contributed by atoms with Gasteiger partial charge in [-0.2, -0.15) is 0 Å². The molecule has 5 nitrogen and oxygen atoms in total. The van der Waals surface area contributed by atoms with Gasteiger partial charge in [-0.1, -0.05) is 11.6 Å². The molecule has 0 bridgehead atoms. The van der Waals surface area contributed by atoms with Crippen LogP contribution in [0.1, 0.15) is 67.8 Å². The van der Waals surface area contributed by atoms with E-state index in [0.29, 0.717) is 16.3 Å². The lowest BCUT2D eigenvalue weighted by Gasteiger charge is -2.54. The van der Waals surface area contributed by atoms with Gasteiger partial charge >= 0.3 is 5.97 Å². The van der Waals surface area contributed by atoms with Crippen molar-refractivity contribution in [1.29, 1.82) is 0 Å². The van der Waals surface area contributed by atoms with Crippen molar-refractivity contribution in [3.8, 4) is 0 Å². The number of carbonyl (C=O) groups is 2. The van der Waals surface area contributed by atoms with E-state index < -0.39 is 11.5 Å². The zero-order chi connectivity index (χ0) is 20.4. The normalized spacial score (nSPS) is 20.6. The fourth-order valence-corrected chi connectivity index (χ4v) is 5.12. The third-order valence-corrected chi connectivity index (χ3v) is 6.94. The molecule has 6 heteroatoms. The lowest BCUT2D eigenvalue weighted by Crippen LogP contribution is -2.71. The lowest BCUT2D eigenvalue weighted by molar-refractivity contribution is -0.954. The standard InChI is InChI=1S/C22H31ClN2O3/c1-4-28-20(26)18-15-17(23)14-16(2)19(18)24-21(27)22(10-9-11-22)25(3)12-7-5-6-8-13-25/h14-15H,4-13H2,1-3H3/p+1. The summed E-state index contributed by atoms with van der Waals surface area (Å²) in [4.78, 5) is 26.1. The molecule has 28 heavy (non-hydrogen) atoms. The number of rotatable bonds is 5. The lowest BCUT2D eigenvalue weighted by atomic mass is 9.72. The van der Waals surface area contributed by atoms with Crippen LogP contribution >= 0.6 is 11.6 Å². The van der Waals surface area contributed by atoms with E-state index in [2.05, 4.69) is 12.4 Å². The Balaban J connectivity index is 1.92. The number of nitrogens with one attached hydrogen (secondary N) is 1. The summed E-state index contributed by atoms with van der Waals surface area (Å²) in [5.41, 5.74) is 1.23. The third-order valence-electron chi connectivity index (χ3n) is 6.72. The molecule has 1 aromatic carbocycles. The first-order chi connectivity index (χ1) is 13.3. The van der Waals surface area contributed by atoms with Gasteiger partial charge in [0.1, 0.15) is 0 Å². The van der Waals surface area contributed by atoms with E-state index in [1.54, 1.807) is 19.1 Å². The second-order valence-electron chi connectivity index (χ2n) is 8.46. The molecule has 2 fully saturated rings. The maximum atomic E-state index is 13.6. The Morgan fingerprint density at radius 2 is 1.79 bits per heavy atom. The number of amides is 1. The monoisotopic (exact) mass is 407 g/mol. The Kier molecular flexibility index (Phi) is 6.35. The quantitative estimate of drug-likeness (QED) is 0.568. The molecule has 0 atom stereocenters. The highest BCUT2D eigenvalue weighted by Gasteiger charge is 2.58. The van der Waals surface area contributed by atoms with Gasteiger partial charge < -0.3 is 14.5 Å². The van der Waals surface area contributed by atoms with Crippen LogP contribution in [-0.4, -0.2) is 48.6 Å². The molecule has 1 saturated carbocycles. The SMILES string of the molecule is CCOC(=O)c1cc(Cl)cc(C)c1NC(=O)C1([N+]2(C)CCCCCC2)CCC1. The number of halogens is 1. The first-order valence-corrected chi connectivity index (χ1v) is 10.8. The number of likely N-dealkylation sites (N-methyl/N-ethyl adjacent to an activating group) is 1. The third kappa shape index (κ3) is 3.79. The van der Waals surface area contributed by atoms with Gasteiger partial charge in [0.25, 0.3) is 5.91 Å². The molecule has 1 amide bonds. The number of anilines is 1. The zero-order valence-electron chi connectivity index (χ0n) is 17.3. The van der Waals surface area contributed by atoms with E-state index in [1.165, 1.54) is 25.7 Å². The Hall–Kier alpha value is -1.59. The molecule has 154 valence electrons. The first kappa shape index (κ1) is 21.1. The average Bonchev–Trinajstić information content (AvgIpc) is 2.81. The highest BCUT2D eigenvalue weighted by molar-refractivity contribution is 6.31. The van der Waals surface area contributed by atoms with Crippen LogP contribution in [0.2, 0.25) is 5.02 Å². The Labute approximate surface area is 173 Å². The maximum absolute atomic E-state index is 13.6. The van der Waals surface area contributed by atoms with Crippen LogP contribution in [0.4, 0.5) is 5.69 Å². The highest BCUT2D eigenvalue weighted by Crippen LogP contribution is 2.44. The molecule has 0 aromatic heterocycles. The summed E-state index contributed by atoms with van der Waals surface area (Å²) in [6.45, 7) is 5.98. The first-order valence-electron chi connectivity index (χ1n) is 10.5. The van der Waals surface area contributed by atoms with Crippen LogP contribution < -0.4 is 5.32 Å². The molecule has 0 spiro atoms. The van der Waals surface area contributed by atoms with Crippen molar-refractivity contribution < 1.29 is 18.8 Å². The van der Waals surface area contributed by atoms with E-state index in [4.69, 9.17) is 16.3 Å². The van der Waals surface area contributed by atoms with E-state index in [1.807, 2.05) is 6.92 Å². The number of carbonyl (C=O) groups excluding carboxylic acids is 2. The number of benzene rings is 1. The van der Waals surface area contributed by atoms with E-state index in [9.17, 15) is 9.59 Å². The summed E-state index contributed by atoms with van der Waals surface area (Å²) < 4.78 is 5.99. The summed E-state index contributed by atoms with van der Waals surface area (Å²) in [5.74, 6) is -0.430. The summed E-state index contributed by atoms with van der Waals surface area (Å²) in [6, 6.07) is 3.35. The molecule has 2 aliphatic rings. The fraction of sp³-hybridized carbons (Fsp3) is 0.636. The van der Waals surface area contributed by atoms with Crippen molar-refractivity contribution >= 4 is 29.2 Å². The predicted octanol–water partition coefficient (Wildman–Crippen LogP) is 4.71. The van der Waals surface area contributed by atoms with Gasteiger partial charge in [-0.25, -0.2) is 4.79 Å². The van der Waals surface area contributed by atoms with Gasteiger partial charge in [0, 0.05) is 17.9 Å². The Morgan fingerprint density at radius 3 is 2.32 bits per heavy atom. The van der Waals surface area contributed by atoms with Crippen LogP contribution in [0.15, 0.2) is 12.1 Å². The van der Waals surface area contributed by atoms with Crippen molar-refractivity contribution in [3.05, 3.63) is 28.3 Å². The largest absolute Gasteiger partial charge is 0.462 e. The topological polar surface area (TPSA) is 55.4 Å². The van der Waals surface area contributed by atoms with Crippen molar-refractivity contribution in [2.45, 2.75) is 64.3 Å². The number of aryl methyl sites for hydroxylation is 1. The van der Waals surface area contributed by atoms with Crippen molar-refractivity contribution in [2.75, 3.05) is 32.1 Å². The molecular weight excluding hydrogens is 376 g/mol. The van der Waals surface area contributed by atoms with E-state index in [0.717, 1.165) is 42.4 Å². The highest BCUT2D eigenvalue weighted by atomic mass is 35.5. The minimum atomic E-state index is -0.457. The summed E-state index contributed by atoms with van der Waals surface area (Å²) in [6.07, 6.45) is 7.70. The smallest absolute Gasteiger partial charge is 0.340 e. The van der Waals surface area contributed by atoms with Crippen molar-refractivity contribution in [2.24, 2.45) is 0 Å². The summed E-state index contributed by atoms with van der Waals surface area (Å²) in [5, 5.41) is 3.58. The minimum Gasteiger partial charge on any atom is -0.462 e. The molecule has 1 aromatic rings. The molecule has 1 N–H and O–H groups in total. The number of ether oxygens (including phenoxy) is 1. The van der Waals surface area contributed by atoms with Gasteiger partial charge in [-0.15, -0.1) is 0 Å². The van der Waals surface area contributed by atoms with Crippen molar-refractivity contribution in [1.82, 2.24) is 0 Å². The minimum absolute atomic E-state index is 0.0270. The number of likely N-dealkylation sites (tertiary alicyclic amines) is 1. The van der Waals surface area contributed by atoms with E-state index in [-0.39, 0.29) is 12.5 Å². The zero-order valence-corrected chi connectivity index (χ0v) is 18.0. The predicted molar refractivity (Wildman–Crippen MR) is 112 cm³/mol. The molecule has 1 aliphatic heterocycles. The Morgan fingerprint density at radius 1 is 1.14 bits per heavy atom. The molecule has 0 unspecified atom stereocenters. The molecular formula is C22H32ClN2O3+. The molecule has 1 heterocycles.